The number of ether oxygens (including phenoxy) is 1. The first-order chi connectivity index (χ1) is 28.1. The summed E-state index contributed by atoms with van der Waals surface area (Å²) in [4.78, 5) is 80.7. The second kappa shape index (κ2) is 16.8. The number of primary amides is 1. The highest BCUT2D eigenvalue weighted by Crippen LogP contribution is 2.48. The summed E-state index contributed by atoms with van der Waals surface area (Å²) in [7, 11) is 3.02. The average Bonchev–Trinajstić information content (AvgIpc) is 3.84. The van der Waals surface area contributed by atoms with Gasteiger partial charge in [-0.1, -0.05) is 18.6 Å². The molecule has 4 heterocycles. The van der Waals surface area contributed by atoms with Crippen LogP contribution in [-0.4, -0.2) is 105 Å². The van der Waals surface area contributed by atoms with Crippen LogP contribution in [0.5, 0.6) is 5.75 Å². The molecule has 0 radical (unpaired) electrons. The molecule has 1 aliphatic carbocycles. The van der Waals surface area contributed by atoms with Crippen molar-refractivity contribution in [3.05, 3.63) is 71.3 Å². The molecule has 0 bridgehead atoms. The molecule has 58 heavy (non-hydrogen) atoms. The number of imide groups is 2. The van der Waals surface area contributed by atoms with Crippen LogP contribution < -0.4 is 37.1 Å². The molecule has 7 rings (SSSR count). The first kappa shape index (κ1) is 39.5. The van der Waals surface area contributed by atoms with Gasteiger partial charge in [-0.25, -0.2) is 4.98 Å². The lowest BCUT2D eigenvalue weighted by molar-refractivity contribution is -0.136. The Morgan fingerprint density at radius 3 is 2.43 bits per heavy atom. The van der Waals surface area contributed by atoms with Gasteiger partial charge in [-0.3, -0.25) is 43.7 Å². The number of rotatable bonds is 18. The number of amides is 6. The Morgan fingerprint density at radius 1 is 0.948 bits per heavy atom. The van der Waals surface area contributed by atoms with Crippen molar-refractivity contribution in [2.75, 3.05) is 44.4 Å². The third kappa shape index (κ3) is 7.80. The number of aromatic nitrogens is 5. The van der Waals surface area contributed by atoms with E-state index in [1.807, 2.05) is 12.1 Å². The van der Waals surface area contributed by atoms with Gasteiger partial charge in [0.15, 0.2) is 17.3 Å². The van der Waals surface area contributed by atoms with E-state index in [0.29, 0.717) is 72.4 Å². The number of piperidine rings is 1. The fraction of sp³-hybridized carbons (Fsp3) is 0.385. The molecule has 2 fully saturated rings. The van der Waals surface area contributed by atoms with Crippen molar-refractivity contribution in [3.8, 4) is 17.1 Å². The number of carbonyl (C=O) groups is 6. The first-order valence-electron chi connectivity index (χ1n) is 19.1. The van der Waals surface area contributed by atoms with E-state index in [2.05, 4.69) is 46.9 Å². The van der Waals surface area contributed by atoms with E-state index in [1.165, 1.54) is 14.2 Å². The summed E-state index contributed by atoms with van der Waals surface area (Å²) in [5.74, 6) is -2.18. The van der Waals surface area contributed by atoms with Crippen molar-refractivity contribution >= 4 is 52.5 Å². The summed E-state index contributed by atoms with van der Waals surface area (Å²) in [5.41, 5.74) is 7.72. The van der Waals surface area contributed by atoms with Crippen LogP contribution >= 0.6 is 0 Å². The number of nitrogens with two attached hydrogens (primary N) is 1. The summed E-state index contributed by atoms with van der Waals surface area (Å²) in [6.45, 7) is 2.59. The van der Waals surface area contributed by atoms with Crippen molar-refractivity contribution in [1.82, 2.24) is 45.8 Å². The van der Waals surface area contributed by atoms with E-state index >= 15 is 0 Å². The zero-order valence-corrected chi connectivity index (χ0v) is 32.1. The van der Waals surface area contributed by atoms with Crippen molar-refractivity contribution in [2.24, 2.45) is 5.73 Å². The normalized spacial score (nSPS) is 16.8. The van der Waals surface area contributed by atoms with Gasteiger partial charge in [0.05, 0.1) is 52.8 Å². The molecule has 1 atom stereocenters. The smallest absolute Gasteiger partial charge is 0.273 e. The number of methoxy groups -OCH3 is 1. The highest BCUT2D eigenvalue weighted by Gasteiger charge is 2.52. The monoisotopic (exact) mass is 792 g/mol. The summed E-state index contributed by atoms with van der Waals surface area (Å²) in [5, 5.41) is 27.7. The summed E-state index contributed by atoms with van der Waals surface area (Å²) < 4.78 is 7.53. The number of unbranched alkanes of at least 4 members (excludes halogenated alkanes) is 2. The van der Waals surface area contributed by atoms with Gasteiger partial charge in [0.1, 0.15) is 12.4 Å². The van der Waals surface area contributed by atoms with Crippen LogP contribution in [0.2, 0.25) is 0 Å². The van der Waals surface area contributed by atoms with E-state index in [1.54, 1.807) is 41.3 Å². The quantitative estimate of drug-likeness (QED) is 0.0619. The van der Waals surface area contributed by atoms with Crippen LogP contribution in [0.1, 0.15) is 81.8 Å². The number of para-hydroxylation sites is 1. The second-order valence-corrected chi connectivity index (χ2v) is 14.3. The summed E-state index contributed by atoms with van der Waals surface area (Å²) >= 11 is 0. The average molecular weight is 793 g/mol. The molecule has 2 aromatic heterocycles. The molecule has 19 heteroatoms. The number of fused-ring (bicyclic) bond motifs is 1. The summed E-state index contributed by atoms with van der Waals surface area (Å²) in [6, 6.07) is 11.1. The number of nitrogens with one attached hydrogen (secondary N) is 5. The predicted molar refractivity (Wildman–Crippen MR) is 209 cm³/mol. The zero-order valence-electron chi connectivity index (χ0n) is 32.1. The van der Waals surface area contributed by atoms with Crippen molar-refractivity contribution in [1.29, 1.82) is 0 Å². The van der Waals surface area contributed by atoms with Crippen LogP contribution in [0.25, 0.3) is 11.4 Å². The second-order valence-electron chi connectivity index (χ2n) is 14.3. The minimum atomic E-state index is -1.01. The first-order valence-corrected chi connectivity index (χ1v) is 19.1. The topological polar surface area (TPSA) is 258 Å². The van der Waals surface area contributed by atoms with E-state index in [-0.39, 0.29) is 29.7 Å². The van der Waals surface area contributed by atoms with Crippen LogP contribution in [0.15, 0.2) is 48.8 Å². The highest BCUT2D eigenvalue weighted by atomic mass is 16.5. The standard InChI is InChI=1S/C39H44N12O7/c1-41-35(54)31-26(20-28(47-48-31)39(14-15-39)38(40)57)45-25-11-7-9-23(32(25)58-2)33-44-21-50(49-33)19-18-42-16-4-3-5-17-43-24-10-6-8-22-30(24)37(56)51(36(22)55)27-12-13-29(52)46-34(27)53/h6-11,20-21,27,42-43H,3-5,12-19H2,1-2H3,(H2,40,57)(H,41,54)(H,45,47)(H,46,52,53). The number of hydrogen-bond donors (Lipinski definition) is 6. The van der Waals surface area contributed by atoms with Crippen molar-refractivity contribution < 1.29 is 33.5 Å². The molecule has 4 aromatic rings. The van der Waals surface area contributed by atoms with Crippen LogP contribution in [0.4, 0.5) is 17.1 Å². The maximum atomic E-state index is 13.3. The Bertz CT molecular complexity index is 2290. The van der Waals surface area contributed by atoms with Gasteiger partial charge >= 0.3 is 0 Å². The van der Waals surface area contributed by atoms with Crippen molar-refractivity contribution in [3.63, 3.8) is 0 Å². The fourth-order valence-corrected chi connectivity index (χ4v) is 7.22. The van der Waals surface area contributed by atoms with Gasteiger partial charge in [0.2, 0.25) is 17.7 Å². The Morgan fingerprint density at radius 2 is 1.71 bits per heavy atom. The molecule has 3 aliphatic rings. The summed E-state index contributed by atoms with van der Waals surface area (Å²) in [6.07, 6.45) is 5.58. The molecule has 6 amide bonds. The van der Waals surface area contributed by atoms with Gasteiger partial charge in [-0.05, 0) is 69.0 Å². The number of anilines is 3. The Hall–Kier alpha value is -6.76. The van der Waals surface area contributed by atoms with Crippen LogP contribution in [0.3, 0.4) is 0 Å². The lowest BCUT2D eigenvalue weighted by Gasteiger charge is -2.27. The van der Waals surface area contributed by atoms with E-state index in [0.717, 1.165) is 30.7 Å². The maximum Gasteiger partial charge on any atom is 0.273 e. The fourth-order valence-electron chi connectivity index (χ4n) is 7.22. The highest BCUT2D eigenvalue weighted by molar-refractivity contribution is 6.25. The van der Waals surface area contributed by atoms with Gasteiger partial charge in [0.25, 0.3) is 17.7 Å². The van der Waals surface area contributed by atoms with E-state index in [9.17, 15) is 28.8 Å². The predicted octanol–water partition coefficient (Wildman–Crippen LogP) is 1.64. The molecule has 1 saturated carbocycles. The van der Waals surface area contributed by atoms with Gasteiger partial charge in [-0.15, -0.1) is 5.10 Å². The molecular weight excluding hydrogens is 749 g/mol. The number of nitrogens with zero attached hydrogens (tertiary/aromatic N) is 6. The minimum absolute atomic E-state index is 0.0404. The van der Waals surface area contributed by atoms with Gasteiger partial charge in [-0.2, -0.15) is 10.2 Å². The zero-order chi connectivity index (χ0) is 41.0. The third-order valence-corrected chi connectivity index (χ3v) is 10.5. The molecule has 0 spiro atoms. The third-order valence-electron chi connectivity index (χ3n) is 10.5. The SMILES string of the molecule is CNC(=O)c1nnc(C2(C(N)=O)CC2)cc1Nc1cccc(-c2ncn(CCNCCCCCNc3cccc4c3C(=O)N(C3CCC(=O)NC3=O)C4=O)n2)c1OC. The van der Waals surface area contributed by atoms with Gasteiger partial charge in [0, 0.05) is 32.2 Å². The lowest BCUT2D eigenvalue weighted by Crippen LogP contribution is -2.54. The van der Waals surface area contributed by atoms with Crippen molar-refractivity contribution in [2.45, 2.75) is 62.9 Å². The molecule has 302 valence electrons. The lowest BCUT2D eigenvalue weighted by atomic mass is 10.0. The van der Waals surface area contributed by atoms with E-state index in [4.69, 9.17) is 10.5 Å². The van der Waals surface area contributed by atoms with Crippen LogP contribution in [0, 0.1) is 0 Å². The molecular formula is C39H44N12O7. The van der Waals surface area contributed by atoms with Crippen LogP contribution in [-0.2, 0) is 26.3 Å². The number of carbonyl (C=O) groups excluding carboxylic acids is 6. The molecule has 1 unspecified atom stereocenters. The number of hydrogen-bond acceptors (Lipinski definition) is 14. The van der Waals surface area contributed by atoms with Gasteiger partial charge < -0.3 is 31.7 Å². The molecule has 2 aromatic carbocycles. The minimum Gasteiger partial charge on any atom is -0.494 e. The molecule has 7 N–H and O–H groups in total. The van der Waals surface area contributed by atoms with E-state index < -0.39 is 46.9 Å². The molecule has 2 aliphatic heterocycles. The Kier molecular flexibility index (Phi) is 11.4. The Balaban J connectivity index is 0.882. The molecule has 1 saturated heterocycles. The maximum absolute atomic E-state index is 13.3. The Labute approximate surface area is 332 Å². The molecule has 19 nitrogen and oxygen atoms in total. The largest absolute Gasteiger partial charge is 0.494 e. The number of benzene rings is 2.